The number of benzene rings is 2. The summed E-state index contributed by atoms with van der Waals surface area (Å²) in [6, 6.07) is 12.2. The van der Waals surface area contributed by atoms with E-state index in [1.165, 1.54) is 14.2 Å². The third kappa shape index (κ3) is 6.01. The number of ether oxygens (including phenoxy) is 3. The van der Waals surface area contributed by atoms with E-state index in [-0.39, 0.29) is 12.5 Å². The van der Waals surface area contributed by atoms with Crippen LogP contribution in [0.15, 0.2) is 42.5 Å². The van der Waals surface area contributed by atoms with Crippen LogP contribution in [0.25, 0.3) is 0 Å². The van der Waals surface area contributed by atoms with Crippen molar-refractivity contribution in [2.45, 2.75) is 26.8 Å². The zero-order valence-corrected chi connectivity index (χ0v) is 16.8. The van der Waals surface area contributed by atoms with Gasteiger partial charge in [0.15, 0.2) is 0 Å². The first-order chi connectivity index (χ1) is 13.4. The van der Waals surface area contributed by atoms with Gasteiger partial charge in [-0.3, -0.25) is 4.79 Å². The molecule has 0 heterocycles. The van der Waals surface area contributed by atoms with Crippen LogP contribution in [0.2, 0.25) is 0 Å². The van der Waals surface area contributed by atoms with E-state index >= 15 is 0 Å². The highest BCUT2D eigenvalue weighted by Crippen LogP contribution is 2.21. The Balaban J connectivity index is 1.95. The van der Waals surface area contributed by atoms with Crippen molar-refractivity contribution in [2.75, 3.05) is 20.8 Å². The van der Waals surface area contributed by atoms with Crippen LogP contribution in [0, 0.1) is 5.92 Å². The molecule has 150 valence electrons. The summed E-state index contributed by atoms with van der Waals surface area (Å²) in [5.41, 5.74) is 1.63. The Morgan fingerprint density at radius 3 is 2.36 bits per heavy atom. The number of hydrogen-bond donors (Lipinski definition) is 1. The van der Waals surface area contributed by atoms with Gasteiger partial charge in [0, 0.05) is 12.1 Å². The van der Waals surface area contributed by atoms with Crippen molar-refractivity contribution >= 4 is 11.9 Å². The van der Waals surface area contributed by atoms with E-state index in [2.05, 4.69) is 19.2 Å². The van der Waals surface area contributed by atoms with E-state index in [4.69, 9.17) is 14.2 Å². The molecular weight excluding hydrogens is 358 g/mol. The van der Waals surface area contributed by atoms with E-state index in [9.17, 15) is 9.59 Å². The predicted molar refractivity (Wildman–Crippen MR) is 107 cm³/mol. The monoisotopic (exact) mass is 385 g/mol. The van der Waals surface area contributed by atoms with Gasteiger partial charge in [0.1, 0.15) is 17.1 Å². The molecule has 28 heavy (non-hydrogen) atoms. The Hall–Kier alpha value is -3.02. The molecule has 0 bridgehead atoms. The third-order valence-corrected chi connectivity index (χ3v) is 4.20. The lowest BCUT2D eigenvalue weighted by atomic mass is 10.1. The minimum absolute atomic E-state index is 0.204. The first-order valence-corrected chi connectivity index (χ1v) is 9.21. The average molecular weight is 385 g/mol. The van der Waals surface area contributed by atoms with Gasteiger partial charge in [-0.25, -0.2) is 4.79 Å². The number of methoxy groups -OCH3 is 2. The van der Waals surface area contributed by atoms with E-state index in [1.54, 1.807) is 42.5 Å². The molecule has 0 radical (unpaired) electrons. The molecule has 0 saturated carbocycles. The van der Waals surface area contributed by atoms with E-state index in [0.717, 1.165) is 17.7 Å². The average Bonchev–Trinajstić information content (AvgIpc) is 2.71. The summed E-state index contributed by atoms with van der Waals surface area (Å²) < 4.78 is 15.6. The molecule has 1 N–H and O–H groups in total. The standard InChI is InChI=1S/C22H27NO5/c1-15(2)11-12-28-18-8-6-17(7-9-18)21(24)23-14-16-5-10-20(26-3)19(13-16)22(25)27-4/h5-10,13,15H,11-12,14H2,1-4H3,(H,23,24). The smallest absolute Gasteiger partial charge is 0.341 e. The lowest BCUT2D eigenvalue weighted by Crippen LogP contribution is -2.23. The summed E-state index contributed by atoms with van der Waals surface area (Å²) in [5.74, 6) is 1.06. The Bertz CT molecular complexity index is 799. The van der Waals surface area contributed by atoms with Crippen molar-refractivity contribution in [1.82, 2.24) is 5.32 Å². The molecular formula is C22H27NO5. The fourth-order valence-corrected chi connectivity index (χ4v) is 2.53. The first kappa shape index (κ1) is 21.3. The maximum atomic E-state index is 12.4. The second-order valence-corrected chi connectivity index (χ2v) is 6.76. The van der Waals surface area contributed by atoms with Gasteiger partial charge in [0.05, 0.1) is 20.8 Å². The van der Waals surface area contributed by atoms with E-state index < -0.39 is 5.97 Å². The van der Waals surface area contributed by atoms with E-state index in [1.807, 2.05) is 0 Å². The normalized spacial score (nSPS) is 10.5. The fourth-order valence-electron chi connectivity index (χ4n) is 2.53. The van der Waals surface area contributed by atoms with Crippen LogP contribution in [0.5, 0.6) is 11.5 Å². The molecule has 0 unspecified atom stereocenters. The maximum Gasteiger partial charge on any atom is 0.341 e. The molecule has 0 saturated heterocycles. The van der Waals surface area contributed by atoms with Crippen LogP contribution < -0.4 is 14.8 Å². The minimum atomic E-state index is -0.488. The molecule has 0 aliphatic rings. The predicted octanol–water partition coefficient (Wildman–Crippen LogP) is 3.84. The number of nitrogens with one attached hydrogen (secondary N) is 1. The van der Waals surface area contributed by atoms with Gasteiger partial charge in [-0.15, -0.1) is 0 Å². The Labute approximate surface area is 165 Å². The van der Waals surface area contributed by atoms with Crippen molar-refractivity contribution in [1.29, 1.82) is 0 Å². The fraction of sp³-hybridized carbons (Fsp3) is 0.364. The van der Waals surface area contributed by atoms with Gasteiger partial charge in [-0.05, 0) is 54.3 Å². The number of hydrogen-bond acceptors (Lipinski definition) is 5. The lowest BCUT2D eigenvalue weighted by molar-refractivity contribution is 0.0597. The van der Waals surface area contributed by atoms with Crippen LogP contribution >= 0.6 is 0 Å². The number of rotatable bonds is 9. The number of carbonyl (C=O) groups excluding carboxylic acids is 2. The largest absolute Gasteiger partial charge is 0.496 e. The minimum Gasteiger partial charge on any atom is -0.496 e. The zero-order valence-electron chi connectivity index (χ0n) is 16.8. The molecule has 0 aliphatic carbocycles. The van der Waals surface area contributed by atoms with Gasteiger partial charge in [0.25, 0.3) is 5.91 Å². The van der Waals surface area contributed by atoms with Crippen LogP contribution in [0.3, 0.4) is 0 Å². The van der Waals surface area contributed by atoms with Crippen LogP contribution in [0.4, 0.5) is 0 Å². The SMILES string of the molecule is COC(=O)c1cc(CNC(=O)c2ccc(OCCC(C)C)cc2)ccc1OC. The molecule has 1 amide bonds. The molecule has 2 rings (SSSR count). The maximum absolute atomic E-state index is 12.4. The second kappa shape index (κ2) is 10.3. The first-order valence-electron chi connectivity index (χ1n) is 9.21. The van der Waals surface area contributed by atoms with Crippen LogP contribution in [-0.2, 0) is 11.3 Å². The highest BCUT2D eigenvalue weighted by atomic mass is 16.5. The van der Waals surface area contributed by atoms with Crippen LogP contribution in [0.1, 0.15) is 46.5 Å². The lowest BCUT2D eigenvalue weighted by Gasteiger charge is -2.11. The highest BCUT2D eigenvalue weighted by Gasteiger charge is 2.14. The Morgan fingerprint density at radius 1 is 1.04 bits per heavy atom. The summed E-state index contributed by atoms with van der Waals surface area (Å²) in [5, 5.41) is 2.84. The summed E-state index contributed by atoms with van der Waals surface area (Å²) in [6.45, 7) is 5.23. The molecule has 2 aromatic rings. The summed E-state index contributed by atoms with van der Waals surface area (Å²) in [4.78, 5) is 24.2. The summed E-state index contributed by atoms with van der Waals surface area (Å²) >= 11 is 0. The molecule has 0 spiro atoms. The highest BCUT2D eigenvalue weighted by molar-refractivity contribution is 5.94. The molecule has 0 atom stereocenters. The second-order valence-electron chi connectivity index (χ2n) is 6.76. The topological polar surface area (TPSA) is 73.9 Å². The van der Waals surface area contributed by atoms with Crippen molar-refractivity contribution < 1.29 is 23.8 Å². The van der Waals surface area contributed by atoms with Gasteiger partial charge >= 0.3 is 5.97 Å². The number of amides is 1. The van der Waals surface area contributed by atoms with Crippen LogP contribution in [-0.4, -0.2) is 32.7 Å². The van der Waals surface area contributed by atoms with Crippen molar-refractivity contribution in [3.05, 3.63) is 59.2 Å². The van der Waals surface area contributed by atoms with Gasteiger partial charge in [0.2, 0.25) is 0 Å². The number of carbonyl (C=O) groups is 2. The van der Waals surface area contributed by atoms with Crippen molar-refractivity contribution in [3.8, 4) is 11.5 Å². The Morgan fingerprint density at radius 2 is 1.75 bits per heavy atom. The summed E-state index contributed by atoms with van der Waals surface area (Å²) in [7, 11) is 2.80. The molecule has 6 heteroatoms. The third-order valence-electron chi connectivity index (χ3n) is 4.20. The quantitative estimate of drug-likeness (QED) is 0.664. The van der Waals surface area contributed by atoms with Crippen molar-refractivity contribution in [2.24, 2.45) is 5.92 Å². The Kier molecular flexibility index (Phi) is 7.87. The molecule has 0 fully saturated rings. The number of esters is 1. The van der Waals surface area contributed by atoms with E-state index in [0.29, 0.717) is 29.4 Å². The zero-order chi connectivity index (χ0) is 20.5. The van der Waals surface area contributed by atoms with Gasteiger partial charge in [-0.2, -0.15) is 0 Å². The molecule has 0 aromatic heterocycles. The van der Waals surface area contributed by atoms with Crippen molar-refractivity contribution in [3.63, 3.8) is 0 Å². The molecule has 2 aromatic carbocycles. The van der Waals surface area contributed by atoms with Gasteiger partial charge < -0.3 is 19.5 Å². The molecule has 6 nitrogen and oxygen atoms in total. The summed E-state index contributed by atoms with van der Waals surface area (Å²) in [6.07, 6.45) is 0.984. The van der Waals surface area contributed by atoms with Gasteiger partial charge in [-0.1, -0.05) is 19.9 Å². The molecule has 0 aliphatic heterocycles.